The fourth-order valence-electron chi connectivity index (χ4n) is 3.76. The molecule has 100 valence electrons. The minimum absolute atomic E-state index is 0.222. The molecule has 2 aliphatic rings. The van der Waals surface area contributed by atoms with Crippen molar-refractivity contribution in [3.63, 3.8) is 0 Å². The first-order chi connectivity index (χ1) is 8.31. The number of fused-ring (bicyclic) bond motifs is 1. The van der Waals surface area contributed by atoms with E-state index in [0.29, 0.717) is 5.41 Å². The number of hydrogen-bond acceptors (Lipinski definition) is 1. The Bertz CT molecular complexity index is 463. The van der Waals surface area contributed by atoms with E-state index >= 15 is 0 Å². The van der Waals surface area contributed by atoms with Gasteiger partial charge in [0.05, 0.1) is 0 Å². The maximum atomic E-state index is 6.36. The molecule has 0 aliphatic heterocycles. The lowest BCUT2D eigenvalue weighted by Gasteiger charge is -2.38. The fourth-order valence-corrected chi connectivity index (χ4v) is 3.76. The Hall–Kier alpha value is -0.760. The third-order valence-corrected chi connectivity index (χ3v) is 5.04. The van der Waals surface area contributed by atoms with Crippen molar-refractivity contribution < 1.29 is 0 Å². The van der Waals surface area contributed by atoms with Gasteiger partial charge in [-0.15, -0.1) is 0 Å². The summed E-state index contributed by atoms with van der Waals surface area (Å²) in [5.74, 6) is 0.857. The van der Waals surface area contributed by atoms with E-state index in [1.807, 2.05) is 0 Å². The number of aromatic nitrogens is 1. The molecule has 0 amide bonds. The highest BCUT2D eigenvalue weighted by molar-refractivity contribution is 5.31. The largest absolute Gasteiger partial charge is 0.345 e. The van der Waals surface area contributed by atoms with E-state index in [1.54, 1.807) is 0 Å². The summed E-state index contributed by atoms with van der Waals surface area (Å²) in [6, 6.07) is 2.49. The van der Waals surface area contributed by atoms with Gasteiger partial charge in [0.15, 0.2) is 0 Å². The lowest BCUT2D eigenvalue weighted by molar-refractivity contribution is 0.245. The standard InChI is InChI=1S/C16H26N2/c1-15(2)9-13(17)12-7-8-18(14(12)10-15)16(3,4)11-5-6-11/h7-8,11,13H,5-6,9-10,17H2,1-4H3. The number of rotatable bonds is 2. The summed E-state index contributed by atoms with van der Waals surface area (Å²) < 4.78 is 2.53. The highest BCUT2D eigenvalue weighted by Crippen LogP contribution is 2.47. The van der Waals surface area contributed by atoms with Crippen LogP contribution in [0.1, 0.15) is 64.3 Å². The molecule has 2 heteroatoms. The van der Waals surface area contributed by atoms with Crippen LogP contribution in [0, 0.1) is 11.3 Å². The van der Waals surface area contributed by atoms with Crippen molar-refractivity contribution in [1.29, 1.82) is 0 Å². The van der Waals surface area contributed by atoms with Gasteiger partial charge in [0.25, 0.3) is 0 Å². The first-order valence-electron chi connectivity index (χ1n) is 7.27. The summed E-state index contributed by atoms with van der Waals surface area (Å²) in [5.41, 5.74) is 9.84. The van der Waals surface area contributed by atoms with Crippen molar-refractivity contribution in [3.8, 4) is 0 Å². The second-order valence-electron chi connectivity index (χ2n) is 7.67. The molecule has 0 bridgehead atoms. The molecule has 1 aromatic rings. The van der Waals surface area contributed by atoms with Gasteiger partial charge in [0.1, 0.15) is 0 Å². The Morgan fingerprint density at radius 3 is 2.61 bits per heavy atom. The summed E-state index contributed by atoms with van der Waals surface area (Å²) in [7, 11) is 0. The van der Waals surface area contributed by atoms with Crippen molar-refractivity contribution in [1.82, 2.24) is 4.57 Å². The number of nitrogens with two attached hydrogens (primary N) is 1. The molecule has 0 radical (unpaired) electrons. The molecule has 1 fully saturated rings. The molecule has 0 aromatic carbocycles. The maximum absolute atomic E-state index is 6.36. The van der Waals surface area contributed by atoms with Gasteiger partial charge in [-0.25, -0.2) is 0 Å². The Morgan fingerprint density at radius 2 is 2.00 bits per heavy atom. The monoisotopic (exact) mass is 246 g/mol. The molecule has 2 aliphatic carbocycles. The zero-order valence-corrected chi connectivity index (χ0v) is 12.2. The molecule has 1 heterocycles. The molecule has 3 rings (SSSR count). The maximum Gasteiger partial charge on any atom is 0.0414 e. The first kappa shape index (κ1) is 12.3. The van der Waals surface area contributed by atoms with Gasteiger partial charge < -0.3 is 10.3 Å². The van der Waals surface area contributed by atoms with Crippen molar-refractivity contribution in [2.45, 2.75) is 65.0 Å². The van der Waals surface area contributed by atoms with Crippen LogP contribution in [0.4, 0.5) is 0 Å². The van der Waals surface area contributed by atoms with Crippen molar-refractivity contribution in [2.75, 3.05) is 0 Å². The van der Waals surface area contributed by atoms with E-state index in [0.717, 1.165) is 12.3 Å². The van der Waals surface area contributed by atoms with E-state index in [1.165, 1.54) is 30.5 Å². The Labute approximate surface area is 111 Å². The van der Waals surface area contributed by atoms with Crippen molar-refractivity contribution >= 4 is 0 Å². The minimum Gasteiger partial charge on any atom is -0.345 e. The third kappa shape index (κ3) is 1.82. The topological polar surface area (TPSA) is 30.9 Å². The second kappa shape index (κ2) is 3.63. The average Bonchev–Trinajstić information content (AvgIpc) is 2.98. The molecular formula is C16H26N2. The third-order valence-electron chi connectivity index (χ3n) is 5.04. The quantitative estimate of drug-likeness (QED) is 0.849. The molecule has 18 heavy (non-hydrogen) atoms. The molecular weight excluding hydrogens is 220 g/mol. The van der Waals surface area contributed by atoms with Gasteiger partial charge in [-0.1, -0.05) is 13.8 Å². The molecule has 1 aromatic heterocycles. The van der Waals surface area contributed by atoms with Gasteiger partial charge in [-0.3, -0.25) is 0 Å². The Kier molecular flexibility index (Phi) is 2.48. The molecule has 1 saturated carbocycles. The van der Waals surface area contributed by atoms with Crippen LogP contribution in [0.3, 0.4) is 0 Å². The molecule has 1 atom stereocenters. The van der Waals surface area contributed by atoms with Crippen LogP contribution in [-0.4, -0.2) is 4.57 Å². The van der Waals surface area contributed by atoms with Crippen LogP contribution in [-0.2, 0) is 12.0 Å². The lowest BCUT2D eigenvalue weighted by Crippen LogP contribution is -2.35. The summed E-state index contributed by atoms with van der Waals surface area (Å²) >= 11 is 0. The van der Waals surface area contributed by atoms with Crippen LogP contribution in [0.5, 0.6) is 0 Å². The van der Waals surface area contributed by atoms with Crippen LogP contribution in [0.2, 0.25) is 0 Å². The second-order valence-corrected chi connectivity index (χ2v) is 7.67. The van der Waals surface area contributed by atoms with Gasteiger partial charge in [0, 0.05) is 23.5 Å². The van der Waals surface area contributed by atoms with Crippen LogP contribution < -0.4 is 5.73 Å². The number of nitrogens with zero attached hydrogens (tertiary/aromatic N) is 1. The highest BCUT2D eigenvalue weighted by atomic mass is 15.1. The van der Waals surface area contributed by atoms with Gasteiger partial charge >= 0.3 is 0 Å². The minimum atomic E-state index is 0.222. The van der Waals surface area contributed by atoms with Crippen LogP contribution in [0.15, 0.2) is 12.3 Å². The summed E-state index contributed by atoms with van der Waals surface area (Å²) in [4.78, 5) is 0. The van der Waals surface area contributed by atoms with Crippen molar-refractivity contribution in [3.05, 3.63) is 23.5 Å². The molecule has 0 spiro atoms. The van der Waals surface area contributed by atoms with Crippen molar-refractivity contribution in [2.24, 2.45) is 17.1 Å². The lowest BCUT2D eigenvalue weighted by atomic mass is 9.74. The smallest absolute Gasteiger partial charge is 0.0414 e. The van der Waals surface area contributed by atoms with Gasteiger partial charge in [-0.2, -0.15) is 0 Å². The Morgan fingerprint density at radius 1 is 1.33 bits per heavy atom. The summed E-state index contributed by atoms with van der Waals surface area (Å²) in [6.07, 6.45) is 7.32. The molecule has 0 saturated heterocycles. The van der Waals surface area contributed by atoms with E-state index in [-0.39, 0.29) is 11.6 Å². The van der Waals surface area contributed by atoms with E-state index in [2.05, 4.69) is 44.5 Å². The van der Waals surface area contributed by atoms with E-state index in [9.17, 15) is 0 Å². The SMILES string of the molecule is CC1(C)Cc2c(ccn2C(C)(C)C2CC2)C(N)C1. The van der Waals surface area contributed by atoms with Crippen LogP contribution in [0.25, 0.3) is 0 Å². The van der Waals surface area contributed by atoms with E-state index < -0.39 is 0 Å². The Balaban J connectivity index is 2.04. The molecule has 1 unspecified atom stereocenters. The van der Waals surface area contributed by atoms with Gasteiger partial charge in [0.2, 0.25) is 0 Å². The fraction of sp³-hybridized carbons (Fsp3) is 0.750. The summed E-state index contributed by atoms with van der Waals surface area (Å²) in [5, 5.41) is 0. The predicted octanol–water partition coefficient (Wildman–Crippen LogP) is 3.61. The van der Waals surface area contributed by atoms with Crippen LogP contribution >= 0.6 is 0 Å². The molecule has 2 nitrogen and oxygen atoms in total. The zero-order valence-electron chi connectivity index (χ0n) is 12.2. The summed E-state index contributed by atoms with van der Waals surface area (Å²) in [6.45, 7) is 9.46. The first-order valence-corrected chi connectivity index (χ1v) is 7.27. The highest BCUT2D eigenvalue weighted by Gasteiger charge is 2.42. The number of hydrogen-bond donors (Lipinski definition) is 1. The molecule has 2 N–H and O–H groups in total. The normalized spacial score (nSPS) is 27.1. The average molecular weight is 246 g/mol. The van der Waals surface area contributed by atoms with E-state index in [4.69, 9.17) is 5.73 Å². The zero-order chi connectivity index (χ0) is 13.1. The predicted molar refractivity (Wildman–Crippen MR) is 75.5 cm³/mol. The van der Waals surface area contributed by atoms with Gasteiger partial charge in [-0.05, 0) is 62.5 Å².